The lowest BCUT2D eigenvalue weighted by molar-refractivity contribution is 0.477. The summed E-state index contributed by atoms with van der Waals surface area (Å²) in [5, 5.41) is 2.07. The molecule has 0 radical (unpaired) electrons. The van der Waals surface area contributed by atoms with Gasteiger partial charge >= 0.3 is 0 Å². The summed E-state index contributed by atoms with van der Waals surface area (Å²) in [6, 6.07) is 42.0. The van der Waals surface area contributed by atoms with Gasteiger partial charge in [-0.2, -0.15) is 0 Å². The highest BCUT2D eigenvalue weighted by molar-refractivity contribution is 7.99. The van der Waals surface area contributed by atoms with E-state index in [0.29, 0.717) is 0 Å². The smallest absolute Gasteiger partial charge is 0.151 e. The fraction of sp³-hybridized carbons (Fsp3) is 0. The second-order valence-corrected chi connectivity index (χ2v) is 11.3. The fourth-order valence-corrected chi connectivity index (χ4v) is 7.18. The minimum Gasteiger partial charge on any atom is -0.453 e. The molecule has 2 aliphatic rings. The molecule has 2 aromatic heterocycles. The van der Waals surface area contributed by atoms with Gasteiger partial charge in [0.25, 0.3) is 0 Å². The van der Waals surface area contributed by atoms with Crippen LogP contribution in [0.15, 0.2) is 144 Å². The minimum absolute atomic E-state index is 0.822. The summed E-state index contributed by atoms with van der Waals surface area (Å²) >= 11 is 1.81. The summed E-state index contributed by atoms with van der Waals surface area (Å²) < 4.78 is 6.27. The molecule has 198 valence electrons. The SMILES string of the molecule is c1ccc2c(c1)Oc1ccccc1N2c1ccnc2c1ccc1c(N3c4ccccc4Sc4ccccc43)ccnc12. The van der Waals surface area contributed by atoms with Gasteiger partial charge in [0.1, 0.15) is 0 Å². The van der Waals surface area contributed by atoms with Gasteiger partial charge in [0.2, 0.25) is 0 Å². The molecular weight excluding hydrogens is 536 g/mol. The topological polar surface area (TPSA) is 41.5 Å². The van der Waals surface area contributed by atoms with E-state index in [-0.39, 0.29) is 0 Å². The van der Waals surface area contributed by atoms with Crippen molar-refractivity contribution >= 4 is 67.7 Å². The Kier molecular flexibility index (Phi) is 5.06. The second-order valence-electron chi connectivity index (χ2n) is 10.3. The molecule has 7 aromatic rings. The molecule has 2 aliphatic heterocycles. The highest BCUT2D eigenvalue weighted by atomic mass is 32.2. The van der Waals surface area contributed by atoms with E-state index in [1.165, 1.54) is 9.79 Å². The summed E-state index contributed by atoms with van der Waals surface area (Å²) in [5.74, 6) is 1.64. The first-order chi connectivity index (χ1) is 20.8. The van der Waals surface area contributed by atoms with Crippen LogP contribution in [0.3, 0.4) is 0 Å². The number of rotatable bonds is 2. The number of benzene rings is 5. The summed E-state index contributed by atoms with van der Waals surface area (Å²) in [5.41, 5.74) is 8.15. The van der Waals surface area contributed by atoms with Crippen molar-refractivity contribution in [1.82, 2.24) is 9.97 Å². The van der Waals surface area contributed by atoms with Gasteiger partial charge in [0.05, 0.1) is 45.2 Å². The standard InChI is InChI=1S/C36H22N4OS/c1-5-13-31-27(9-1)39(28-10-2-6-14-32(28)41-31)25-19-21-37-35-23(25)17-18-24-26(20-22-38-36(24)35)40-29-11-3-7-15-33(29)42-34-16-8-4-12-30(34)40/h1-22H. The molecule has 0 saturated carbocycles. The van der Waals surface area contributed by atoms with Crippen molar-refractivity contribution in [3.63, 3.8) is 0 Å². The molecular formula is C36H22N4OS. The van der Waals surface area contributed by atoms with Crippen LogP contribution in [0.5, 0.6) is 11.5 Å². The Morgan fingerprint density at radius 2 is 0.857 bits per heavy atom. The molecule has 0 atom stereocenters. The Balaban J connectivity index is 1.28. The predicted octanol–water partition coefficient (Wildman–Crippen LogP) is 10.3. The summed E-state index contributed by atoms with van der Waals surface area (Å²) in [4.78, 5) is 16.9. The van der Waals surface area contributed by atoms with Gasteiger partial charge in [0, 0.05) is 33.0 Å². The first kappa shape index (κ1) is 23.4. The van der Waals surface area contributed by atoms with Crippen LogP contribution in [0.1, 0.15) is 0 Å². The van der Waals surface area contributed by atoms with E-state index in [1.54, 1.807) is 0 Å². The number of ether oxygens (including phenoxy) is 1. The lowest BCUT2D eigenvalue weighted by Gasteiger charge is -2.34. The van der Waals surface area contributed by atoms with Gasteiger partial charge < -0.3 is 14.5 Å². The van der Waals surface area contributed by atoms with Crippen molar-refractivity contribution in [2.24, 2.45) is 0 Å². The van der Waals surface area contributed by atoms with Gasteiger partial charge in [-0.1, -0.05) is 60.3 Å². The van der Waals surface area contributed by atoms with Gasteiger partial charge in [-0.15, -0.1) is 0 Å². The van der Waals surface area contributed by atoms with E-state index >= 15 is 0 Å². The maximum Gasteiger partial charge on any atom is 0.151 e. The molecule has 0 amide bonds. The third-order valence-corrected chi connectivity index (χ3v) is 9.05. The predicted molar refractivity (Wildman–Crippen MR) is 171 cm³/mol. The Hall–Kier alpha value is -5.33. The van der Waals surface area contributed by atoms with Crippen molar-refractivity contribution < 1.29 is 4.74 Å². The van der Waals surface area contributed by atoms with Crippen LogP contribution in [-0.2, 0) is 0 Å². The average Bonchev–Trinajstić information content (AvgIpc) is 3.05. The van der Waals surface area contributed by atoms with E-state index in [2.05, 4.69) is 94.7 Å². The molecule has 0 aliphatic carbocycles. The van der Waals surface area contributed by atoms with Crippen LogP contribution in [0, 0.1) is 0 Å². The molecule has 0 spiro atoms. The number of pyridine rings is 2. The molecule has 0 fully saturated rings. The Bertz CT molecular complexity index is 1950. The van der Waals surface area contributed by atoms with E-state index in [4.69, 9.17) is 14.7 Å². The van der Waals surface area contributed by atoms with E-state index in [0.717, 1.165) is 67.4 Å². The zero-order valence-electron chi connectivity index (χ0n) is 22.3. The molecule has 0 N–H and O–H groups in total. The number of para-hydroxylation sites is 6. The highest BCUT2D eigenvalue weighted by Gasteiger charge is 2.28. The average molecular weight is 559 g/mol. The quantitative estimate of drug-likeness (QED) is 0.197. The van der Waals surface area contributed by atoms with Crippen LogP contribution < -0.4 is 14.5 Å². The number of aromatic nitrogens is 2. The Morgan fingerprint density at radius 3 is 1.38 bits per heavy atom. The third kappa shape index (κ3) is 3.39. The lowest BCUT2D eigenvalue weighted by Crippen LogP contribution is -2.16. The zero-order valence-corrected chi connectivity index (χ0v) is 23.1. The largest absolute Gasteiger partial charge is 0.453 e. The summed E-state index contributed by atoms with van der Waals surface area (Å²) in [7, 11) is 0. The first-order valence-corrected chi connectivity index (χ1v) is 14.7. The second kappa shape index (κ2) is 9.09. The molecule has 5 nitrogen and oxygen atoms in total. The van der Waals surface area contributed by atoms with Crippen molar-refractivity contribution in [1.29, 1.82) is 0 Å². The van der Waals surface area contributed by atoms with Crippen LogP contribution in [-0.4, -0.2) is 9.97 Å². The zero-order chi connectivity index (χ0) is 27.6. The fourth-order valence-electron chi connectivity index (χ4n) is 6.12. The van der Waals surface area contributed by atoms with Crippen LogP contribution in [0.25, 0.3) is 21.8 Å². The molecule has 42 heavy (non-hydrogen) atoms. The van der Waals surface area contributed by atoms with Gasteiger partial charge in [0.15, 0.2) is 11.5 Å². The van der Waals surface area contributed by atoms with Gasteiger partial charge in [-0.3, -0.25) is 9.97 Å². The van der Waals surface area contributed by atoms with E-state index in [9.17, 15) is 0 Å². The molecule has 4 heterocycles. The third-order valence-electron chi connectivity index (χ3n) is 7.92. The maximum atomic E-state index is 6.27. The van der Waals surface area contributed by atoms with E-state index < -0.39 is 0 Å². The van der Waals surface area contributed by atoms with E-state index in [1.807, 2.05) is 60.6 Å². The van der Waals surface area contributed by atoms with Crippen LogP contribution in [0.2, 0.25) is 0 Å². The van der Waals surface area contributed by atoms with Crippen LogP contribution >= 0.6 is 11.8 Å². The lowest BCUT2D eigenvalue weighted by atomic mass is 10.0. The summed E-state index contributed by atoms with van der Waals surface area (Å²) in [6.07, 6.45) is 3.78. The summed E-state index contributed by atoms with van der Waals surface area (Å²) in [6.45, 7) is 0. The van der Waals surface area contributed by atoms with Gasteiger partial charge in [-0.25, -0.2) is 0 Å². The molecule has 0 unspecified atom stereocenters. The molecule has 0 bridgehead atoms. The van der Waals surface area contributed by atoms with Crippen molar-refractivity contribution in [3.8, 4) is 11.5 Å². The minimum atomic E-state index is 0.822. The number of hydrogen-bond donors (Lipinski definition) is 0. The van der Waals surface area contributed by atoms with Crippen LogP contribution in [0.4, 0.5) is 34.1 Å². The number of nitrogens with zero attached hydrogens (tertiary/aromatic N) is 4. The monoisotopic (exact) mass is 558 g/mol. The van der Waals surface area contributed by atoms with Gasteiger partial charge in [-0.05, 0) is 72.8 Å². The highest BCUT2D eigenvalue weighted by Crippen LogP contribution is 2.54. The number of anilines is 6. The molecule has 9 rings (SSSR count). The Labute approximate surface area is 246 Å². The molecule has 6 heteroatoms. The Morgan fingerprint density at radius 1 is 0.429 bits per heavy atom. The van der Waals surface area contributed by atoms with Crippen molar-refractivity contribution in [2.45, 2.75) is 9.79 Å². The first-order valence-electron chi connectivity index (χ1n) is 13.8. The normalized spacial score (nSPS) is 13.2. The number of hydrogen-bond acceptors (Lipinski definition) is 6. The number of fused-ring (bicyclic) bond motifs is 7. The van der Waals surface area contributed by atoms with Crippen molar-refractivity contribution in [3.05, 3.63) is 134 Å². The van der Waals surface area contributed by atoms with Crippen molar-refractivity contribution in [2.75, 3.05) is 9.80 Å². The maximum absolute atomic E-state index is 6.27. The molecule has 5 aromatic carbocycles. The molecule has 0 saturated heterocycles.